The fourth-order valence-electron chi connectivity index (χ4n) is 1.73. The summed E-state index contributed by atoms with van der Waals surface area (Å²) in [5.41, 5.74) is 3.39. The lowest BCUT2D eigenvalue weighted by atomic mass is 10.2. The third kappa shape index (κ3) is 3.82. The molecule has 1 amide bonds. The molecule has 0 aliphatic carbocycles. The molecule has 0 atom stereocenters. The monoisotopic (exact) mass is 284 g/mol. The molecule has 5 nitrogen and oxygen atoms in total. The van der Waals surface area contributed by atoms with E-state index in [1.807, 2.05) is 13.0 Å². The second kappa shape index (κ2) is 7.09. The number of benzene rings is 2. The normalized spacial score (nSPS) is 10.5. The van der Waals surface area contributed by atoms with E-state index in [2.05, 4.69) is 10.5 Å². The van der Waals surface area contributed by atoms with Crippen molar-refractivity contribution < 1.29 is 14.6 Å². The largest absolute Gasteiger partial charge is 0.504 e. The summed E-state index contributed by atoms with van der Waals surface area (Å²) < 4.78 is 5.28. The van der Waals surface area contributed by atoms with Crippen molar-refractivity contribution >= 4 is 12.1 Å². The van der Waals surface area contributed by atoms with Crippen LogP contribution in [0.25, 0.3) is 0 Å². The molecule has 0 spiro atoms. The number of rotatable bonds is 5. The lowest BCUT2D eigenvalue weighted by molar-refractivity contribution is 0.0955. The van der Waals surface area contributed by atoms with Crippen molar-refractivity contribution in [3.05, 3.63) is 59.7 Å². The van der Waals surface area contributed by atoms with Crippen LogP contribution in [-0.4, -0.2) is 23.8 Å². The van der Waals surface area contributed by atoms with E-state index in [1.165, 1.54) is 6.21 Å². The number of amides is 1. The van der Waals surface area contributed by atoms with Gasteiger partial charge in [-0.3, -0.25) is 4.79 Å². The van der Waals surface area contributed by atoms with Gasteiger partial charge >= 0.3 is 0 Å². The van der Waals surface area contributed by atoms with Crippen LogP contribution in [0, 0.1) is 0 Å². The Hall–Kier alpha value is -2.82. The van der Waals surface area contributed by atoms with Crippen molar-refractivity contribution in [3.63, 3.8) is 0 Å². The zero-order chi connectivity index (χ0) is 15.1. The molecule has 108 valence electrons. The summed E-state index contributed by atoms with van der Waals surface area (Å²) in [6.07, 6.45) is 1.37. The van der Waals surface area contributed by atoms with Crippen LogP contribution in [0.4, 0.5) is 0 Å². The van der Waals surface area contributed by atoms with Gasteiger partial charge in [0.05, 0.1) is 12.8 Å². The standard InChI is InChI=1S/C16H16N2O3/c1-2-21-14-10-6-9-13(15(14)19)11-17-18-16(20)12-7-4-3-5-8-12/h3-11,19H,2H2,1H3,(H,18,20). The van der Waals surface area contributed by atoms with E-state index in [9.17, 15) is 9.90 Å². The summed E-state index contributed by atoms with van der Waals surface area (Å²) in [5, 5.41) is 13.8. The predicted octanol–water partition coefficient (Wildman–Crippen LogP) is 2.55. The molecule has 2 aromatic rings. The Kier molecular flexibility index (Phi) is 4.93. The van der Waals surface area contributed by atoms with Crippen LogP contribution in [0.2, 0.25) is 0 Å². The van der Waals surface area contributed by atoms with Gasteiger partial charge < -0.3 is 9.84 Å². The number of ether oxygens (including phenoxy) is 1. The van der Waals surface area contributed by atoms with E-state index >= 15 is 0 Å². The summed E-state index contributed by atoms with van der Waals surface area (Å²) in [5.74, 6) is 0.0696. The van der Waals surface area contributed by atoms with Gasteiger partial charge in [0.2, 0.25) is 0 Å². The smallest absolute Gasteiger partial charge is 0.271 e. The zero-order valence-corrected chi connectivity index (χ0v) is 11.6. The average Bonchev–Trinajstić information content (AvgIpc) is 2.52. The van der Waals surface area contributed by atoms with Gasteiger partial charge in [0.1, 0.15) is 0 Å². The van der Waals surface area contributed by atoms with Gasteiger partial charge in [-0.2, -0.15) is 5.10 Å². The van der Waals surface area contributed by atoms with E-state index in [-0.39, 0.29) is 11.7 Å². The summed E-state index contributed by atoms with van der Waals surface area (Å²) in [7, 11) is 0. The van der Waals surface area contributed by atoms with Crippen molar-refractivity contribution in [1.82, 2.24) is 5.43 Å². The molecule has 0 unspecified atom stereocenters. The summed E-state index contributed by atoms with van der Waals surface area (Å²) >= 11 is 0. The Morgan fingerprint density at radius 1 is 1.24 bits per heavy atom. The molecule has 21 heavy (non-hydrogen) atoms. The second-order valence-electron chi connectivity index (χ2n) is 4.19. The first-order valence-electron chi connectivity index (χ1n) is 6.55. The van der Waals surface area contributed by atoms with Crippen LogP contribution in [0.3, 0.4) is 0 Å². The molecular weight excluding hydrogens is 268 g/mol. The van der Waals surface area contributed by atoms with Crippen molar-refractivity contribution in [2.45, 2.75) is 6.92 Å². The first-order chi connectivity index (χ1) is 10.2. The predicted molar refractivity (Wildman–Crippen MR) is 80.8 cm³/mol. The quantitative estimate of drug-likeness (QED) is 0.654. The van der Waals surface area contributed by atoms with Crippen LogP contribution in [-0.2, 0) is 0 Å². The van der Waals surface area contributed by atoms with E-state index in [1.54, 1.807) is 42.5 Å². The third-order valence-electron chi connectivity index (χ3n) is 2.74. The molecule has 0 aliphatic rings. The fourth-order valence-corrected chi connectivity index (χ4v) is 1.73. The number of nitrogens with one attached hydrogen (secondary N) is 1. The molecule has 2 aromatic carbocycles. The summed E-state index contributed by atoms with van der Waals surface area (Å²) in [6.45, 7) is 2.29. The van der Waals surface area contributed by atoms with Crippen molar-refractivity contribution in [2.75, 3.05) is 6.61 Å². The Morgan fingerprint density at radius 2 is 2.00 bits per heavy atom. The number of hydrazone groups is 1. The molecule has 2 rings (SSSR count). The molecule has 0 radical (unpaired) electrons. The van der Waals surface area contributed by atoms with E-state index in [4.69, 9.17) is 4.74 Å². The zero-order valence-electron chi connectivity index (χ0n) is 11.6. The highest BCUT2D eigenvalue weighted by Gasteiger charge is 2.06. The highest BCUT2D eigenvalue weighted by atomic mass is 16.5. The molecule has 0 bridgehead atoms. The molecule has 0 aliphatic heterocycles. The Labute approximate surface area is 122 Å². The van der Waals surface area contributed by atoms with Gasteiger partial charge in [0.15, 0.2) is 11.5 Å². The maximum atomic E-state index is 11.8. The number of para-hydroxylation sites is 1. The first-order valence-corrected chi connectivity index (χ1v) is 6.55. The van der Waals surface area contributed by atoms with E-state index < -0.39 is 0 Å². The Balaban J connectivity index is 2.05. The Bertz CT molecular complexity index is 639. The van der Waals surface area contributed by atoms with E-state index in [0.717, 1.165) is 0 Å². The number of nitrogens with zero attached hydrogens (tertiary/aromatic N) is 1. The average molecular weight is 284 g/mol. The van der Waals surface area contributed by atoms with E-state index in [0.29, 0.717) is 23.5 Å². The Morgan fingerprint density at radius 3 is 2.71 bits per heavy atom. The molecule has 2 N–H and O–H groups in total. The highest BCUT2D eigenvalue weighted by Crippen LogP contribution is 2.28. The molecular formula is C16H16N2O3. The van der Waals surface area contributed by atoms with Crippen molar-refractivity contribution in [1.29, 1.82) is 0 Å². The molecule has 0 fully saturated rings. The summed E-state index contributed by atoms with van der Waals surface area (Å²) in [6, 6.07) is 13.8. The third-order valence-corrected chi connectivity index (χ3v) is 2.74. The minimum Gasteiger partial charge on any atom is -0.504 e. The van der Waals surface area contributed by atoms with Gasteiger partial charge in [0, 0.05) is 11.1 Å². The number of phenols is 1. The summed E-state index contributed by atoms with van der Waals surface area (Å²) in [4.78, 5) is 11.8. The maximum absolute atomic E-state index is 11.8. The van der Waals surface area contributed by atoms with Gasteiger partial charge in [-0.1, -0.05) is 24.3 Å². The second-order valence-corrected chi connectivity index (χ2v) is 4.19. The maximum Gasteiger partial charge on any atom is 0.271 e. The number of carbonyl (C=O) groups is 1. The van der Waals surface area contributed by atoms with Crippen LogP contribution in [0.5, 0.6) is 11.5 Å². The van der Waals surface area contributed by atoms with Crippen molar-refractivity contribution in [3.8, 4) is 11.5 Å². The molecule has 5 heteroatoms. The molecule has 0 saturated heterocycles. The lowest BCUT2D eigenvalue weighted by Crippen LogP contribution is -2.17. The minimum atomic E-state index is -0.313. The number of phenolic OH excluding ortho intramolecular Hbond substituents is 1. The van der Waals surface area contributed by atoms with Gasteiger partial charge in [-0.15, -0.1) is 0 Å². The van der Waals surface area contributed by atoms with Gasteiger partial charge in [0.25, 0.3) is 5.91 Å². The first kappa shape index (κ1) is 14.6. The van der Waals surface area contributed by atoms with Crippen LogP contribution >= 0.6 is 0 Å². The lowest BCUT2D eigenvalue weighted by Gasteiger charge is -2.07. The number of hydrogen-bond acceptors (Lipinski definition) is 4. The minimum absolute atomic E-state index is 0.00272. The van der Waals surface area contributed by atoms with Crippen LogP contribution in [0.1, 0.15) is 22.8 Å². The van der Waals surface area contributed by atoms with Gasteiger partial charge in [-0.05, 0) is 31.2 Å². The number of carbonyl (C=O) groups excluding carboxylic acids is 1. The number of hydrogen-bond donors (Lipinski definition) is 2. The fraction of sp³-hybridized carbons (Fsp3) is 0.125. The molecule has 0 saturated carbocycles. The topological polar surface area (TPSA) is 70.9 Å². The SMILES string of the molecule is CCOc1cccc(C=NNC(=O)c2ccccc2)c1O. The van der Waals surface area contributed by atoms with Crippen molar-refractivity contribution in [2.24, 2.45) is 5.10 Å². The number of aromatic hydroxyl groups is 1. The van der Waals surface area contributed by atoms with Crippen LogP contribution < -0.4 is 10.2 Å². The molecule has 0 aromatic heterocycles. The van der Waals surface area contributed by atoms with Crippen LogP contribution in [0.15, 0.2) is 53.6 Å². The highest BCUT2D eigenvalue weighted by molar-refractivity contribution is 5.95. The molecule has 0 heterocycles. The van der Waals surface area contributed by atoms with Gasteiger partial charge in [-0.25, -0.2) is 5.43 Å².